The minimum atomic E-state index is -0.469. The second kappa shape index (κ2) is 8.38. The molecule has 0 radical (unpaired) electrons. The third kappa shape index (κ3) is 4.06. The van der Waals surface area contributed by atoms with Gasteiger partial charge in [-0.05, 0) is 30.2 Å². The van der Waals surface area contributed by atoms with Gasteiger partial charge in [0, 0.05) is 35.4 Å². The normalized spacial score (nSPS) is 18.8. The van der Waals surface area contributed by atoms with Crippen molar-refractivity contribution in [1.29, 1.82) is 0 Å². The fourth-order valence-electron chi connectivity index (χ4n) is 3.66. The van der Waals surface area contributed by atoms with Crippen LogP contribution >= 0.6 is 11.8 Å². The molecule has 1 N–H and O–H groups in total. The summed E-state index contributed by atoms with van der Waals surface area (Å²) in [5.41, 5.74) is 1.33. The lowest BCUT2D eigenvalue weighted by Gasteiger charge is -2.28. The van der Waals surface area contributed by atoms with Gasteiger partial charge in [0.25, 0.3) is 11.6 Å². The molecule has 7 nitrogen and oxygen atoms in total. The van der Waals surface area contributed by atoms with E-state index in [2.05, 4.69) is 5.32 Å². The van der Waals surface area contributed by atoms with Gasteiger partial charge in [-0.25, -0.2) is 4.39 Å². The van der Waals surface area contributed by atoms with Gasteiger partial charge in [0.15, 0.2) is 0 Å². The summed E-state index contributed by atoms with van der Waals surface area (Å²) in [5.74, 6) is -0.0136. The predicted molar refractivity (Wildman–Crippen MR) is 108 cm³/mol. The molecule has 2 aromatic carbocycles. The van der Waals surface area contributed by atoms with Gasteiger partial charge < -0.3 is 15.0 Å². The Hall–Kier alpha value is -2.65. The van der Waals surface area contributed by atoms with Gasteiger partial charge in [0.05, 0.1) is 24.2 Å². The quantitative estimate of drug-likeness (QED) is 0.605. The number of halogens is 1. The summed E-state index contributed by atoms with van der Waals surface area (Å²) < 4.78 is 19.3. The molecule has 4 rings (SSSR count). The molecule has 0 aliphatic carbocycles. The summed E-state index contributed by atoms with van der Waals surface area (Å²) in [6, 6.07) is 9.03. The van der Waals surface area contributed by atoms with Crippen molar-refractivity contribution in [3.63, 3.8) is 0 Å². The zero-order valence-electron chi connectivity index (χ0n) is 15.6. The summed E-state index contributed by atoms with van der Waals surface area (Å²) in [6.45, 7) is 2.15. The molecule has 1 unspecified atom stereocenters. The zero-order chi connectivity index (χ0) is 20.4. The molecule has 0 aromatic heterocycles. The lowest BCUT2D eigenvalue weighted by molar-refractivity contribution is -0.384. The molecule has 1 atom stereocenters. The monoisotopic (exact) mass is 417 g/mol. The van der Waals surface area contributed by atoms with Crippen LogP contribution in [0.3, 0.4) is 0 Å². The maximum atomic E-state index is 14.0. The van der Waals surface area contributed by atoms with Gasteiger partial charge in [0.2, 0.25) is 0 Å². The molecule has 0 saturated carbocycles. The molecule has 2 aliphatic rings. The van der Waals surface area contributed by atoms with E-state index in [4.69, 9.17) is 4.74 Å². The van der Waals surface area contributed by atoms with Crippen molar-refractivity contribution in [3.8, 4) is 0 Å². The number of nitrogens with zero attached hydrogens (tertiary/aromatic N) is 2. The molecule has 0 spiro atoms. The van der Waals surface area contributed by atoms with E-state index in [1.54, 1.807) is 24.3 Å². The fraction of sp³-hybridized carbons (Fsp3) is 0.350. The highest BCUT2D eigenvalue weighted by Crippen LogP contribution is 2.38. The smallest absolute Gasteiger partial charge is 0.293 e. The molecule has 1 amide bonds. The van der Waals surface area contributed by atoms with E-state index in [0.29, 0.717) is 49.1 Å². The summed E-state index contributed by atoms with van der Waals surface area (Å²) in [6.07, 6.45) is 0.667. The molecular formula is C20H20FN3O4S. The molecule has 9 heteroatoms. The lowest BCUT2D eigenvalue weighted by Crippen LogP contribution is -2.36. The average molecular weight is 417 g/mol. The van der Waals surface area contributed by atoms with Crippen molar-refractivity contribution in [2.45, 2.75) is 17.4 Å². The highest BCUT2D eigenvalue weighted by molar-refractivity contribution is 7.99. The lowest BCUT2D eigenvalue weighted by atomic mass is 10.0. The van der Waals surface area contributed by atoms with Crippen LogP contribution in [0.25, 0.3) is 0 Å². The summed E-state index contributed by atoms with van der Waals surface area (Å²) in [5, 5.41) is 14.5. The second-order valence-electron chi connectivity index (χ2n) is 6.88. The van der Waals surface area contributed by atoms with Crippen LogP contribution in [0.2, 0.25) is 0 Å². The van der Waals surface area contributed by atoms with E-state index in [0.717, 1.165) is 5.56 Å². The fourth-order valence-corrected chi connectivity index (χ4v) is 4.80. The topological polar surface area (TPSA) is 84.7 Å². The maximum absolute atomic E-state index is 14.0. The largest absolute Gasteiger partial charge is 0.378 e. The van der Waals surface area contributed by atoms with Crippen LogP contribution in [0.4, 0.5) is 15.8 Å². The van der Waals surface area contributed by atoms with Crippen molar-refractivity contribution in [2.24, 2.45) is 0 Å². The Morgan fingerprint density at radius 3 is 2.83 bits per heavy atom. The molecule has 1 fully saturated rings. The number of carbonyl (C=O) groups is 1. The van der Waals surface area contributed by atoms with Crippen molar-refractivity contribution < 1.29 is 18.8 Å². The van der Waals surface area contributed by atoms with Gasteiger partial charge in [-0.2, -0.15) is 0 Å². The molecule has 0 bridgehead atoms. The van der Waals surface area contributed by atoms with Crippen LogP contribution in [0.5, 0.6) is 0 Å². The number of carbonyl (C=O) groups excluding carboxylic acids is 1. The van der Waals surface area contributed by atoms with Gasteiger partial charge >= 0.3 is 0 Å². The Labute approximate surface area is 171 Å². The van der Waals surface area contributed by atoms with E-state index in [1.807, 2.05) is 4.90 Å². The highest BCUT2D eigenvalue weighted by atomic mass is 32.2. The number of hydrogen-bond acceptors (Lipinski definition) is 6. The van der Waals surface area contributed by atoms with Crippen molar-refractivity contribution in [3.05, 3.63) is 63.5 Å². The molecule has 2 aromatic rings. The first-order chi connectivity index (χ1) is 14.0. The van der Waals surface area contributed by atoms with E-state index >= 15 is 0 Å². The number of hydrogen-bond donors (Lipinski definition) is 1. The first-order valence-corrected chi connectivity index (χ1v) is 10.4. The van der Waals surface area contributed by atoms with Crippen LogP contribution in [-0.4, -0.2) is 42.9 Å². The maximum Gasteiger partial charge on any atom is 0.293 e. The SMILES string of the molecule is O=C(NC1CCSc2c(F)cccc21)c1ccc(N2CCOCC2)c([N+](=O)[O-])c1. The molecule has 29 heavy (non-hydrogen) atoms. The minimum Gasteiger partial charge on any atom is -0.378 e. The minimum absolute atomic E-state index is 0.106. The summed E-state index contributed by atoms with van der Waals surface area (Å²) in [7, 11) is 0. The van der Waals surface area contributed by atoms with Crippen LogP contribution in [-0.2, 0) is 4.74 Å². The number of nitro benzene ring substituents is 1. The first-order valence-electron chi connectivity index (χ1n) is 9.38. The van der Waals surface area contributed by atoms with Crippen molar-refractivity contribution >= 4 is 29.0 Å². The van der Waals surface area contributed by atoms with Crippen LogP contribution in [0.1, 0.15) is 28.4 Å². The summed E-state index contributed by atoms with van der Waals surface area (Å²) >= 11 is 1.43. The number of amides is 1. The Kier molecular flexibility index (Phi) is 5.68. The number of fused-ring (bicyclic) bond motifs is 1. The number of nitro groups is 1. The second-order valence-corrected chi connectivity index (χ2v) is 7.99. The van der Waals surface area contributed by atoms with Crippen LogP contribution in [0, 0.1) is 15.9 Å². The molecule has 2 aliphatic heterocycles. The molecule has 1 saturated heterocycles. The number of morpholine rings is 1. The van der Waals surface area contributed by atoms with Crippen LogP contribution < -0.4 is 10.2 Å². The number of benzene rings is 2. The Bertz CT molecular complexity index is 949. The zero-order valence-corrected chi connectivity index (χ0v) is 16.4. The standard InChI is InChI=1S/C20H20FN3O4S/c21-15-3-1-2-14-16(6-11-29-19(14)15)22-20(25)13-4-5-17(18(12-13)24(26)27)23-7-9-28-10-8-23/h1-5,12,16H,6-11H2,(H,22,25). The third-order valence-electron chi connectivity index (χ3n) is 5.12. The van der Waals surface area contributed by atoms with Crippen molar-refractivity contribution in [1.82, 2.24) is 5.32 Å². The van der Waals surface area contributed by atoms with Crippen molar-refractivity contribution in [2.75, 3.05) is 37.0 Å². The highest BCUT2D eigenvalue weighted by Gasteiger charge is 2.27. The Morgan fingerprint density at radius 1 is 1.28 bits per heavy atom. The van der Waals surface area contributed by atoms with Gasteiger partial charge in [-0.1, -0.05) is 12.1 Å². The average Bonchev–Trinajstić information content (AvgIpc) is 2.74. The molecular weight excluding hydrogens is 397 g/mol. The van der Waals surface area contributed by atoms with E-state index in [1.165, 1.54) is 23.9 Å². The van der Waals surface area contributed by atoms with E-state index < -0.39 is 10.8 Å². The first kappa shape index (κ1) is 19.7. The van der Waals surface area contributed by atoms with Crippen LogP contribution in [0.15, 0.2) is 41.3 Å². The number of thioether (sulfide) groups is 1. The third-order valence-corrected chi connectivity index (χ3v) is 6.28. The predicted octanol–water partition coefficient (Wildman–Crippen LogP) is 3.54. The number of anilines is 1. The van der Waals surface area contributed by atoms with Gasteiger partial charge in [-0.15, -0.1) is 11.8 Å². The van der Waals surface area contributed by atoms with Gasteiger partial charge in [-0.3, -0.25) is 14.9 Å². The Morgan fingerprint density at radius 2 is 2.07 bits per heavy atom. The molecule has 2 heterocycles. The number of ether oxygens (including phenoxy) is 1. The number of rotatable bonds is 4. The van der Waals surface area contributed by atoms with E-state index in [-0.39, 0.29) is 23.1 Å². The van der Waals surface area contributed by atoms with Gasteiger partial charge in [0.1, 0.15) is 11.5 Å². The number of nitrogens with one attached hydrogen (secondary N) is 1. The van der Waals surface area contributed by atoms with E-state index in [9.17, 15) is 19.3 Å². The summed E-state index contributed by atoms with van der Waals surface area (Å²) in [4.78, 5) is 26.4. The molecule has 152 valence electrons. The Balaban J connectivity index is 1.57.